The minimum absolute atomic E-state index is 0.0695. The van der Waals surface area contributed by atoms with Gasteiger partial charge in [-0.25, -0.2) is 0 Å². The number of methoxy groups -OCH3 is 1. The number of halogens is 24. The van der Waals surface area contributed by atoms with Crippen LogP contribution in [0.5, 0.6) is 5.75 Å². The fourth-order valence-electron chi connectivity index (χ4n) is 7.66. The summed E-state index contributed by atoms with van der Waals surface area (Å²) >= 11 is 0. The first-order valence-electron chi connectivity index (χ1n) is 20.0. The lowest BCUT2D eigenvalue weighted by atomic mass is 9.12. The van der Waals surface area contributed by atoms with Gasteiger partial charge in [0, 0.05) is 17.7 Å². The summed E-state index contributed by atoms with van der Waals surface area (Å²) in [6.07, 6.45) is -51.1. The van der Waals surface area contributed by atoms with Gasteiger partial charge in [0.25, 0.3) is 0 Å². The Balaban J connectivity index is 0.000000500. The molecule has 0 saturated carbocycles. The van der Waals surface area contributed by atoms with Crippen LogP contribution in [-0.4, -0.2) is 19.0 Å². The molecular formula is C46H26BF24NO2. The Hall–Kier alpha value is -6.90. The molecule has 0 spiro atoms. The summed E-state index contributed by atoms with van der Waals surface area (Å²) in [7, 11) is 1.59. The Morgan fingerprint density at radius 2 is 0.635 bits per heavy atom. The van der Waals surface area contributed by atoms with Gasteiger partial charge < -0.3 is 4.74 Å². The van der Waals surface area contributed by atoms with Crippen molar-refractivity contribution in [3.8, 4) is 5.75 Å². The summed E-state index contributed by atoms with van der Waals surface area (Å²) in [6, 6.07) is 4.12. The van der Waals surface area contributed by atoms with Crippen LogP contribution >= 0.6 is 0 Å². The maximum absolute atomic E-state index is 14.2. The van der Waals surface area contributed by atoms with Crippen LogP contribution in [0.2, 0.25) is 0 Å². The molecule has 0 fully saturated rings. The molecule has 6 rings (SSSR count). The van der Waals surface area contributed by atoms with Crippen molar-refractivity contribution in [2.75, 3.05) is 7.11 Å². The van der Waals surface area contributed by atoms with Gasteiger partial charge in [-0.3, -0.25) is 4.79 Å². The molecule has 28 heteroatoms. The zero-order chi connectivity index (χ0) is 56.0. The molecule has 6 aromatic rings. The van der Waals surface area contributed by atoms with Gasteiger partial charge in [0.1, 0.15) is 11.9 Å². The van der Waals surface area contributed by atoms with Crippen molar-refractivity contribution in [3.63, 3.8) is 0 Å². The smallest absolute Gasteiger partial charge is 0.416 e. The number of alkyl halides is 24. The minimum atomic E-state index is -6.13. The number of ether oxygens (including phenoxy) is 1. The van der Waals surface area contributed by atoms with Crippen LogP contribution < -0.4 is 31.2 Å². The van der Waals surface area contributed by atoms with E-state index in [9.17, 15) is 110 Å². The number of nitrogens with zero attached hydrogens (tertiary/aromatic N) is 1. The van der Waals surface area contributed by atoms with Gasteiger partial charge in [-0.2, -0.15) is 132 Å². The number of carbonyl (C=O) groups excluding carboxylic acids is 1. The fourth-order valence-corrected chi connectivity index (χ4v) is 7.66. The van der Waals surface area contributed by atoms with E-state index in [0.717, 1.165) is 0 Å². The standard InChI is InChI=1S/C32H12BF24.C14H14NO2/c34-25(35,36)13-1-14(26(37,38)39)6-21(5-13)33(22-7-15(27(40,41)42)2-16(8-22)28(43,44)45,23-9-17(29(46,47)48)3-18(10-23)30(49,50)51)24-11-19(31(52,53)54)4-20(12-24)32(55,56)57;1-17-13-7-5-6-12(10-13)14(16)11-15-8-3-2-4-9-15/h1-12H;2-10H,11H2,1H3/q-1;+1. The van der Waals surface area contributed by atoms with Crippen molar-refractivity contribution in [3.05, 3.63) is 178 Å². The number of hydrogen-bond acceptors (Lipinski definition) is 2. The molecule has 0 bridgehead atoms. The SMILES string of the molecule is COc1cccc(C(=O)C[n+]2ccccc2)c1.FC(F)(F)c1cc([B-](c2cc(C(F)(F)F)cc(C(F)(F)F)c2)(c2cc(C(F)(F)F)cc(C(F)(F)F)c2)c2cc(C(F)(F)F)cc(C(F)(F)F)c2)cc(C(F)(F)F)c1. The largest absolute Gasteiger partial charge is 0.497 e. The van der Waals surface area contributed by atoms with Gasteiger partial charge >= 0.3 is 49.4 Å². The second kappa shape index (κ2) is 20.1. The van der Waals surface area contributed by atoms with Gasteiger partial charge in [0.05, 0.1) is 51.6 Å². The Kier molecular flexibility index (Phi) is 15.7. The number of rotatable bonds is 8. The van der Waals surface area contributed by atoms with Crippen molar-refractivity contribution in [1.82, 2.24) is 0 Å². The van der Waals surface area contributed by atoms with Gasteiger partial charge in [-0.15, -0.1) is 0 Å². The first kappa shape index (κ1) is 58.0. The Labute approximate surface area is 399 Å². The maximum Gasteiger partial charge on any atom is 0.416 e. The molecule has 5 aromatic carbocycles. The van der Waals surface area contributed by atoms with E-state index in [4.69, 9.17) is 4.74 Å². The highest BCUT2D eigenvalue weighted by molar-refractivity contribution is 7.20. The third-order valence-electron chi connectivity index (χ3n) is 10.9. The third kappa shape index (κ3) is 13.4. The van der Waals surface area contributed by atoms with Crippen LogP contribution in [-0.2, 0) is 56.0 Å². The van der Waals surface area contributed by atoms with E-state index < -0.39 is 195 Å². The maximum atomic E-state index is 14.2. The van der Waals surface area contributed by atoms with Crippen LogP contribution in [0.1, 0.15) is 54.9 Å². The molecule has 0 N–H and O–H groups in total. The molecular weight excluding hydrogens is 1070 g/mol. The number of hydrogen-bond donors (Lipinski definition) is 0. The normalized spacial score (nSPS) is 13.3. The number of benzene rings is 5. The lowest BCUT2D eigenvalue weighted by Gasteiger charge is -2.46. The molecule has 3 nitrogen and oxygen atoms in total. The second-order valence-electron chi connectivity index (χ2n) is 15.9. The monoisotopic (exact) mass is 1090 g/mol. The summed E-state index contributed by atoms with van der Waals surface area (Å²) in [6.45, 7) is 0.341. The zero-order valence-electron chi connectivity index (χ0n) is 36.2. The predicted octanol–water partition coefficient (Wildman–Crippen LogP) is 13.1. The van der Waals surface area contributed by atoms with E-state index >= 15 is 0 Å². The third-order valence-corrected chi connectivity index (χ3v) is 10.9. The molecule has 0 saturated heterocycles. The van der Waals surface area contributed by atoms with Crippen LogP contribution in [0.3, 0.4) is 0 Å². The number of aromatic nitrogens is 1. The molecule has 0 aliphatic heterocycles. The predicted molar refractivity (Wildman–Crippen MR) is 214 cm³/mol. The molecule has 0 aliphatic carbocycles. The fraction of sp³-hybridized carbons (Fsp3) is 0.217. The molecule has 1 aromatic heterocycles. The quantitative estimate of drug-likeness (QED) is 0.0658. The molecule has 0 atom stereocenters. The molecule has 74 heavy (non-hydrogen) atoms. The van der Waals surface area contributed by atoms with E-state index in [-0.39, 0.29) is 5.78 Å². The van der Waals surface area contributed by atoms with Crippen LogP contribution in [0.4, 0.5) is 105 Å². The van der Waals surface area contributed by atoms with Crippen molar-refractivity contribution < 1.29 is 119 Å². The summed E-state index contributed by atoms with van der Waals surface area (Å²) in [5.41, 5.74) is -29.5. The van der Waals surface area contributed by atoms with E-state index in [1.54, 1.807) is 19.2 Å². The molecule has 398 valence electrons. The first-order chi connectivity index (χ1) is 33.6. The van der Waals surface area contributed by atoms with E-state index in [2.05, 4.69) is 0 Å². The van der Waals surface area contributed by atoms with E-state index in [1.165, 1.54) is 0 Å². The highest BCUT2D eigenvalue weighted by Crippen LogP contribution is 2.41. The summed E-state index contributed by atoms with van der Waals surface area (Å²) in [5, 5.41) is 0. The van der Waals surface area contributed by atoms with Crippen molar-refractivity contribution in [2.45, 2.75) is 56.0 Å². The van der Waals surface area contributed by atoms with Gasteiger partial charge in [0.15, 0.2) is 12.4 Å². The highest BCUT2D eigenvalue weighted by atomic mass is 19.4. The average Bonchev–Trinajstić information content (AvgIpc) is 3.27. The van der Waals surface area contributed by atoms with Gasteiger partial charge in [-0.1, -0.05) is 66.7 Å². The lowest BCUT2D eigenvalue weighted by molar-refractivity contribution is -0.683. The van der Waals surface area contributed by atoms with Gasteiger partial charge in [0.2, 0.25) is 12.3 Å². The first-order valence-corrected chi connectivity index (χ1v) is 20.0. The van der Waals surface area contributed by atoms with Crippen LogP contribution in [0, 0.1) is 0 Å². The van der Waals surface area contributed by atoms with E-state index in [1.807, 2.05) is 47.3 Å². The average molecular weight is 1090 g/mol. The Morgan fingerprint density at radius 1 is 0.378 bits per heavy atom. The number of ketones is 1. The minimum Gasteiger partial charge on any atom is -0.497 e. The van der Waals surface area contributed by atoms with Gasteiger partial charge in [-0.05, 0) is 36.4 Å². The highest BCUT2D eigenvalue weighted by Gasteiger charge is 2.47. The molecule has 0 radical (unpaired) electrons. The molecule has 0 unspecified atom stereocenters. The van der Waals surface area contributed by atoms with Crippen LogP contribution in [0.25, 0.3) is 0 Å². The number of Topliss-reactive ketones (excluding diaryl/α,β-unsaturated/α-hetero) is 1. The van der Waals surface area contributed by atoms with E-state index in [0.29, 0.717) is 17.9 Å². The van der Waals surface area contributed by atoms with Crippen molar-refractivity contribution >= 4 is 33.8 Å². The summed E-state index contributed by atoms with van der Waals surface area (Å²) < 4.78 is 348. The molecule has 1 heterocycles. The Bertz CT molecular complexity index is 2540. The molecule has 0 aliphatic rings. The zero-order valence-corrected chi connectivity index (χ0v) is 36.2. The van der Waals surface area contributed by atoms with Crippen molar-refractivity contribution in [2.24, 2.45) is 0 Å². The Morgan fingerprint density at radius 3 is 0.865 bits per heavy atom. The molecule has 0 amide bonds. The summed E-state index contributed by atoms with van der Waals surface area (Å²) in [4.78, 5) is 12.0. The number of pyridine rings is 1. The number of carbonyl (C=O) groups is 1. The van der Waals surface area contributed by atoms with Crippen molar-refractivity contribution in [1.29, 1.82) is 0 Å². The topological polar surface area (TPSA) is 30.2 Å². The summed E-state index contributed by atoms with van der Waals surface area (Å²) in [5.74, 6) is 0.772. The lowest BCUT2D eigenvalue weighted by Crippen LogP contribution is -2.75. The van der Waals surface area contributed by atoms with Crippen LogP contribution in [0.15, 0.2) is 128 Å². The second-order valence-corrected chi connectivity index (χ2v) is 15.9.